The molecule has 4 rings (SSSR count). The summed E-state index contributed by atoms with van der Waals surface area (Å²) < 4.78 is 10.5. The van der Waals surface area contributed by atoms with Crippen LogP contribution in [0.1, 0.15) is 25.2 Å². The Kier molecular flexibility index (Phi) is 3.47. The number of ether oxygens (including phenoxy) is 1. The molecular weight excluding hydrogens is 318 g/mol. The second-order valence-electron chi connectivity index (χ2n) is 6.99. The number of benzene rings is 1. The Labute approximate surface area is 145 Å². The van der Waals surface area contributed by atoms with Crippen molar-refractivity contribution in [1.82, 2.24) is 9.97 Å². The average molecular weight is 339 g/mol. The molecule has 6 heteroatoms. The van der Waals surface area contributed by atoms with Crippen molar-refractivity contribution in [3.63, 3.8) is 0 Å². The van der Waals surface area contributed by atoms with Crippen LogP contribution in [0.2, 0.25) is 0 Å². The van der Waals surface area contributed by atoms with Crippen molar-refractivity contribution in [1.29, 1.82) is 0 Å². The van der Waals surface area contributed by atoms with E-state index in [0.717, 1.165) is 39.4 Å². The summed E-state index contributed by atoms with van der Waals surface area (Å²) >= 11 is 0. The zero-order valence-electron chi connectivity index (χ0n) is 14.8. The molecule has 2 aromatic heterocycles. The number of furan rings is 1. The van der Waals surface area contributed by atoms with Gasteiger partial charge in [-0.25, -0.2) is 4.98 Å². The van der Waals surface area contributed by atoms with Gasteiger partial charge < -0.3 is 19.0 Å². The Morgan fingerprint density at radius 3 is 2.80 bits per heavy atom. The third-order valence-corrected chi connectivity index (χ3v) is 4.87. The van der Waals surface area contributed by atoms with Crippen LogP contribution in [0.25, 0.3) is 22.4 Å². The lowest BCUT2D eigenvalue weighted by atomic mass is 9.86. The first-order valence-corrected chi connectivity index (χ1v) is 8.32. The molecule has 0 unspecified atom stereocenters. The van der Waals surface area contributed by atoms with E-state index < -0.39 is 5.41 Å². The van der Waals surface area contributed by atoms with E-state index in [4.69, 9.17) is 9.15 Å². The van der Waals surface area contributed by atoms with Gasteiger partial charge in [-0.3, -0.25) is 4.79 Å². The molecule has 0 atom stereocenters. The fourth-order valence-corrected chi connectivity index (χ4v) is 3.44. The Morgan fingerprint density at radius 2 is 2.12 bits per heavy atom. The van der Waals surface area contributed by atoms with Crippen LogP contribution in [0, 0.1) is 6.92 Å². The second-order valence-corrected chi connectivity index (χ2v) is 6.99. The molecular formula is C19H21N3O3. The van der Waals surface area contributed by atoms with Gasteiger partial charge in [-0.1, -0.05) is 0 Å². The van der Waals surface area contributed by atoms with E-state index in [0.29, 0.717) is 13.2 Å². The van der Waals surface area contributed by atoms with Gasteiger partial charge in [0.15, 0.2) is 0 Å². The number of hydrogen-bond acceptors (Lipinski definition) is 4. The summed E-state index contributed by atoms with van der Waals surface area (Å²) in [7, 11) is 1.64. The van der Waals surface area contributed by atoms with Gasteiger partial charge in [0.25, 0.3) is 0 Å². The number of nitrogens with one attached hydrogen (secondary N) is 1. The maximum atomic E-state index is 12.8. The molecule has 1 aliphatic rings. The molecule has 0 fully saturated rings. The Hall–Kier alpha value is -2.60. The number of fused-ring (bicyclic) bond motifs is 2. The molecule has 0 saturated heterocycles. The predicted octanol–water partition coefficient (Wildman–Crippen LogP) is 3.40. The third-order valence-electron chi connectivity index (χ3n) is 4.87. The molecule has 25 heavy (non-hydrogen) atoms. The van der Waals surface area contributed by atoms with Crippen LogP contribution >= 0.6 is 0 Å². The summed E-state index contributed by atoms with van der Waals surface area (Å²) in [5, 5.41) is 0. The van der Waals surface area contributed by atoms with Crippen molar-refractivity contribution in [2.75, 3.05) is 25.2 Å². The first-order chi connectivity index (χ1) is 11.9. The lowest BCUT2D eigenvalue weighted by Gasteiger charge is -2.19. The van der Waals surface area contributed by atoms with Crippen LogP contribution in [-0.2, 0) is 14.9 Å². The standard InChI is InChI=1S/C19H21N3O3/c1-11-7-12(10-25-11)17-20-14-8-13-16(9-15(14)21-17)22(5-6-24-4)18(23)19(13,2)3/h7-10H,5-6H2,1-4H3,(H,20,21). The monoisotopic (exact) mass is 339 g/mol. The van der Waals surface area contributed by atoms with Crippen molar-refractivity contribution >= 4 is 22.6 Å². The number of anilines is 1. The number of imidazole rings is 1. The normalized spacial score (nSPS) is 16.0. The summed E-state index contributed by atoms with van der Waals surface area (Å²) in [6.45, 7) is 6.87. The van der Waals surface area contributed by atoms with E-state index in [2.05, 4.69) is 9.97 Å². The van der Waals surface area contributed by atoms with E-state index in [1.54, 1.807) is 18.3 Å². The minimum absolute atomic E-state index is 0.0953. The second kappa shape index (κ2) is 5.46. The van der Waals surface area contributed by atoms with E-state index in [1.807, 2.05) is 39.0 Å². The Morgan fingerprint density at radius 1 is 1.32 bits per heavy atom. The highest BCUT2D eigenvalue weighted by Crippen LogP contribution is 2.43. The van der Waals surface area contributed by atoms with Gasteiger partial charge in [0.05, 0.1) is 34.3 Å². The SMILES string of the molecule is COCCN1C(=O)C(C)(C)c2cc3[nH]c(-c4coc(C)c4)nc3cc21. The zero-order valence-corrected chi connectivity index (χ0v) is 14.8. The van der Waals surface area contributed by atoms with Gasteiger partial charge in [0.2, 0.25) is 5.91 Å². The Balaban J connectivity index is 1.84. The highest BCUT2D eigenvalue weighted by molar-refractivity contribution is 6.09. The zero-order chi connectivity index (χ0) is 17.8. The number of aromatic amines is 1. The Bertz CT molecular complexity index is 968. The number of methoxy groups -OCH3 is 1. The molecule has 0 radical (unpaired) electrons. The number of rotatable bonds is 4. The summed E-state index contributed by atoms with van der Waals surface area (Å²) in [6.07, 6.45) is 1.69. The molecule has 3 heterocycles. The van der Waals surface area contributed by atoms with E-state index in [1.165, 1.54) is 0 Å². The fourth-order valence-electron chi connectivity index (χ4n) is 3.44. The maximum absolute atomic E-state index is 12.8. The van der Waals surface area contributed by atoms with Crippen LogP contribution in [0.5, 0.6) is 0 Å². The van der Waals surface area contributed by atoms with Gasteiger partial charge in [-0.15, -0.1) is 0 Å². The van der Waals surface area contributed by atoms with Crippen molar-refractivity contribution in [3.8, 4) is 11.4 Å². The molecule has 0 aliphatic carbocycles. The van der Waals surface area contributed by atoms with Gasteiger partial charge in [0.1, 0.15) is 17.8 Å². The third kappa shape index (κ3) is 2.36. The molecule has 1 N–H and O–H groups in total. The predicted molar refractivity (Wildman–Crippen MR) is 95.8 cm³/mol. The topological polar surface area (TPSA) is 71.4 Å². The minimum atomic E-state index is -0.561. The van der Waals surface area contributed by atoms with Crippen LogP contribution < -0.4 is 4.90 Å². The van der Waals surface area contributed by atoms with Crippen LogP contribution in [0.3, 0.4) is 0 Å². The first-order valence-electron chi connectivity index (χ1n) is 8.32. The van der Waals surface area contributed by atoms with Crippen molar-refractivity contribution < 1.29 is 13.9 Å². The number of hydrogen-bond donors (Lipinski definition) is 1. The first kappa shape index (κ1) is 15.9. The molecule has 130 valence electrons. The van der Waals surface area contributed by atoms with Crippen LogP contribution in [0.4, 0.5) is 5.69 Å². The quantitative estimate of drug-likeness (QED) is 0.791. The van der Waals surface area contributed by atoms with E-state index in [-0.39, 0.29) is 5.91 Å². The largest absolute Gasteiger partial charge is 0.469 e. The smallest absolute Gasteiger partial charge is 0.237 e. The summed E-state index contributed by atoms with van der Waals surface area (Å²) in [5.74, 6) is 1.71. The summed E-state index contributed by atoms with van der Waals surface area (Å²) in [4.78, 5) is 22.6. The van der Waals surface area contributed by atoms with Crippen molar-refractivity contribution in [2.24, 2.45) is 0 Å². The maximum Gasteiger partial charge on any atom is 0.237 e. The lowest BCUT2D eigenvalue weighted by molar-refractivity contribution is -0.122. The number of carbonyl (C=O) groups excluding carboxylic acids is 1. The fraction of sp³-hybridized carbons (Fsp3) is 0.368. The number of H-pyrrole nitrogens is 1. The van der Waals surface area contributed by atoms with Gasteiger partial charge in [0, 0.05) is 13.7 Å². The molecule has 0 bridgehead atoms. The number of amides is 1. The lowest BCUT2D eigenvalue weighted by Crippen LogP contribution is -2.37. The van der Waals surface area contributed by atoms with Gasteiger partial charge in [-0.2, -0.15) is 0 Å². The molecule has 1 aromatic carbocycles. The van der Waals surface area contributed by atoms with Gasteiger partial charge >= 0.3 is 0 Å². The number of carbonyl (C=O) groups is 1. The van der Waals surface area contributed by atoms with Crippen LogP contribution in [-0.4, -0.2) is 36.1 Å². The molecule has 1 amide bonds. The molecule has 0 spiro atoms. The van der Waals surface area contributed by atoms with Crippen molar-refractivity contribution in [2.45, 2.75) is 26.2 Å². The molecule has 3 aromatic rings. The highest BCUT2D eigenvalue weighted by atomic mass is 16.5. The number of aryl methyl sites for hydroxylation is 1. The molecule has 6 nitrogen and oxygen atoms in total. The summed E-state index contributed by atoms with van der Waals surface area (Å²) in [6, 6.07) is 5.97. The molecule has 0 saturated carbocycles. The van der Waals surface area contributed by atoms with E-state index >= 15 is 0 Å². The van der Waals surface area contributed by atoms with Gasteiger partial charge in [-0.05, 0) is 44.5 Å². The highest BCUT2D eigenvalue weighted by Gasteiger charge is 2.44. The summed E-state index contributed by atoms with van der Waals surface area (Å²) in [5.41, 5.74) is 4.04. The number of aromatic nitrogens is 2. The molecule has 1 aliphatic heterocycles. The van der Waals surface area contributed by atoms with Crippen LogP contribution in [0.15, 0.2) is 28.9 Å². The minimum Gasteiger partial charge on any atom is -0.469 e. The number of nitrogens with zero attached hydrogens (tertiary/aromatic N) is 2. The van der Waals surface area contributed by atoms with Crippen molar-refractivity contribution in [3.05, 3.63) is 35.8 Å². The average Bonchev–Trinajstić information content (AvgIpc) is 3.23. The van der Waals surface area contributed by atoms with E-state index in [9.17, 15) is 4.79 Å².